The highest BCUT2D eigenvalue weighted by Crippen LogP contribution is 2.30. The number of aromatic nitrogens is 1. The Labute approximate surface area is 110 Å². The highest BCUT2D eigenvalue weighted by Gasteiger charge is 2.34. The third kappa shape index (κ3) is 2.88. The van der Waals surface area contributed by atoms with Gasteiger partial charge in [-0.05, 0) is 19.8 Å². The van der Waals surface area contributed by atoms with Gasteiger partial charge in [-0.2, -0.15) is 0 Å². The molecule has 0 radical (unpaired) electrons. The Morgan fingerprint density at radius 1 is 1.61 bits per heavy atom. The van der Waals surface area contributed by atoms with Crippen LogP contribution in [0.5, 0.6) is 0 Å². The van der Waals surface area contributed by atoms with Crippen LogP contribution in [0.1, 0.15) is 33.2 Å². The maximum Gasteiger partial charge on any atom is 0.266 e. The van der Waals surface area contributed by atoms with Crippen molar-refractivity contribution in [1.29, 1.82) is 0 Å². The van der Waals surface area contributed by atoms with Crippen molar-refractivity contribution in [3.8, 4) is 0 Å². The smallest absolute Gasteiger partial charge is 0.266 e. The predicted octanol–water partition coefficient (Wildman–Crippen LogP) is 1.19. The van der Waals surface area contributed by atoms with Crippen LogP contribution in [0.3, 0.4) is 0 Å². The van der Waals surface area contributed by atoms with Crippen LogP contribution in [0.15, 0.2) is 0 Å². The predicted molar refractivity (Wildman–Crippen MR) is 68.7 cm³/mol. The molecule has 1 aromatic rings. The van der Waals surface area contributed by atoms with Crippen LogP contribution in [0.4, 0.5) is 0 Å². The summed E-state index contributed by atoms with van der Waals surface area (Å²) < 4.78 is 5.03. The Balaban J connectivity index is 2.15. The normalized spacial score (nSPS) is 14.8. The molecule has 0 aliphatic heterocycles. The largest absolute Gasteiger partial charge is 0.395 e. The first-order valence-corrected chi connectivity index (χ1v) is 6.86. The summed E-state index contributed by atoms with van der Waals surface area (Å²) in [6.45, 7) is 2.68. The number of hydrogen-bond acceptors (Lipinski definition) is 5. The molecule has 1 aromatic heterocycles. The van der Waals surface area contributed by atoms with Gasteiger partial charge in [0.05, 0.1) is 18.9 Å². The van der Waals surface area contributed by atoms with Crippen molar-refractivity contribution < 1.29 is 14.6 Å². The number of thiazole rings is 1. The number of carbonyl (C=O) groups is 1. The fourth-order valence-electron chi connectivity index (χ4n) is 1.91. The van der Waals surface area contributed by atoms with Crippen LogP contribution in [0.25, 0.3) is 0 Å². The van der Waals surface area contributed by atoms with Gasteiger partial charge in [0, 0.05) is 19.7 Å². The SMILES string of the molecule is COCc1nc(C)c(C(=O)N(CCO)C2CC2)s1. The van der Waals surface area contributed by atoms with E-state index in [2.05, 4.69) is 4.98 Å². The van der Waals surface area contributed by atoms with Crippen LogP contribution in [-0.2, 0) is 11.3 Å². The third-order valence-corrected chi connectivity index (χ3v) is 4.01. The van der Waals surface area contributed by atoms with E-state index in [1.165, 1.54) is 11.3 Å². The van der Waals surface area contributed by atoms with E-state index in [1.807, 2.05) is 6.92 Å². The Morgan fingerprint density at radius 2 is 2.33 bits per heavy atom. The molecular weight excluding hydrogens is 252 g/mol. The summed E-state index contributed by atoms with van der Waals surface area (Å²) in [6, 6.07) is 0.303. The molecule has 1 N–H and O–H groups in total. The molecule has 1 saturated carbocycles. The van der Waals surface area contributed by atoms with Crippen molar-refractivity contribution in [2.24, 2.45) is 0 Å². The zero-order chi connectivity index (χ0) is 13.1. The number of carbonyl (C=O) groups excluding carboxylic acids is 1. The lowest BCUT2D eigenvalue weighted by Crippen LogP contribution is -2.35. The van der Waals surface area contributed by atoms with Crippen molar-refractivity contribution in [3.05, 3.63) is 15.6 Å². The Kier molecular flexibility index (Phi) is 4.31. The summed E-state index contributed by atoms with van der Waals surface area (Å²) in [5.74, 6) is -0.0103. The molecule has 18 heavy (non-hydrogen) atoms. The van der Waals surface area contributed by atoms with Crippen LogP contribution in [0.2, 0.25) is 0 Å². The van der Waals surface area contributed by atoms with E-state index < -0.39 is 0 Å². The minimum atomic E-state index is -0.0103. The van der Waals surface area contributed by atoms with Crippen molar-refractivity contribution in [3.63, 3.8) is 0 Å². The lowest BCUT2D eigenvalue weighted by Gasteiger charge is -2.20. The zero-order valence-electron chi connectivity index (χ0n) is 10.7. The van der Waals surface area contributed by atoms with Crippen molar-refractivity contribution >= 4 is 17.2 Å². The van der Waals surface area contributed by atoms with E-state index in [9.17, 15) is 4.79 Å². The van der Waals surface area contributed by atoms with Gasteiger partial charge in [0.2, 0.25) is 0 Å². The van der Waals surface area contributed by atoms with Gasteiger partial charge in [-0.25, -0.2) is 4.98 Å². The van der Waals surface area contributed by atoms with Gasteiger partial charge in [0.1, 0.15) is 9.88 Å². The third-order valence-electron chi connectivity index (χ3n) is 2.89. The maximum atomic E-state index is 12.4. The Bertz CT molecular complexity index is 429. The quantitative estimate of drug-likeness (QED) is 0.843. The second kappa shape index (κ2) is 5.77. The molecule has 0 saturated heterocycles. The van der Waals surface area contributed by atoms with Crippen molar-refractivity contribution in [2.45, 2.75) is 32.4 Å². The van der Waals surface area contributed by atoms with Crippen LogP contribution < -0.4 is 0 Å². The number of amides is 1. The molecule has 0 unspecified atom stereocenters. The number of aliphatic hydroxyl groups excluding tert-OH is 1. The highest BCUT2D eigenvalue weighted by atomic mass is 32.1. The molecule has 2 rings (SSSR count). The fourth-order valence-corrected chi connectivity index (χ4v) is 2.90. The van der Waals surface area contributed by atoms with Crippen molar-refractivity contribution in [1.82, 2.24) is 9.88 Å². The molecule has 6 heteroatoms. The molecule has 5 nitrogen and oxygen atoms in total. The van der Waals surface area contributed by atoms with Gasteiger partial charge >= 0.3 is 0 Å². The highest BCUT2D eigenvalue weighted by molar-refractivity contribution is 7.13. The number of nitrogens with zero attached hydrogens (tertiary/aromatic N) is 2. The van der Waals surface area contributed by atoms with Crippen molar-refractivity contribution in [2.75, 3.05) is 20.3 Å². The standard InChI is InChI=1S/C12H18N2O3S/c1-8-11(18-10(13-8)7-17-2)12(16)14(5-6-15)9-3-4-9/h9,15H,3-7H2,1-2H3. The molecule has 0 aromatic carbocycles. The summed E-state index contributed by atoms with van der Waals surface area (Å²) in [7, 11) is 1.61. The molecule has 0 bridgehead atoms. The molecule has 1 amide bonds. The zero-order valence-corrected chi connectivity index (χ0v) is 11.5. The van der Waals surface area contributed by atoms with Crippen LogP contribution in [0, 0.1) is 6.92 Å². The minimum Gasteiger partial charge on any atom is -0.395 e. The fraction of sp³-hybridized carbons (Fsp3) is 0.667. The number of hydrogen-bond donors (Lipinski definition) is 1. The Hall–Kier alpha value is -0.980. The van der Waals surface area contributed by atoms with Gasteiger partial charge in [-0.15, -0.1) is 11.3 Å². The molecule has 1 aliphatic carbocycles. The lowest BCUT2D eigenvalue weighted by atomic mass is 10.3. The monoisotopic (exact) mass is 270 g/mol. The topological polar surface area (TPSA) is 62.7 Å². The van der Waals surface area contributed by atoms with Gasteiger partial charge < -0.3 is 14.7 Å². The van der Waals surface area contributed by atoms with Gasteiger partial charge in [-0.3, -0.25) is 4.79 Å². The summed E-state index contributed by atoms with van der Waals surface area (Å²) in [6.07, 6.45) is 2.07. The van der Waals surface area contributed by atoms with E-state index >= 15 is 0 Å². The molecule has 0 spiro atoms. The first kappa shape index (κ1) is 13.5. The van der Waals surface area contributed by atoms with Gasteiger partial charge in [0.25, 0.3) is 5.91 Å². The van der Waals surface area contributed by atoms with Crippen LogP contribution >= 0.6 is 11.3 Å². The summed E-state index contributed by atoms with van der Waals surface area (Å²) in [5, 5.41) is 9.86. The minimum absolute atomic E-state index is 0.00498. The number of aliphatic hydroxyl groups is 1. The molecule has 100 valence electrons. The molecule has 1 fully saturated rings. The summed E-state index contributed by atoms with van der Waals surface area (Å²) in [5.41, 5.74) is 0.751. The molecule has 0 atom stereocenters. The van der Waals surface area contributed by atoms with E-state index in [0.29, 0.717) is 24.1 Å². The number of methoxy groups -OCH3 is 1. The summed E-state index contributed by atoms with van der Waals surface area (Å²) in [4.78, 5) is 19.2. The van der Waals surface area contributed by atoms with Gasteiger partial charge in [0.15, 0.2) is 0 Å². The van der Waals surface area contributed by atoms with Gasteiger partial charge in [-0.1, -0.05) is 0 Å². The Morgan fingerprint density at radius 3 is 2.89 bits per heavy atom. The molecule has 1 heterocycles. The number of rotatable bonds is 6. The van der Waals surface area contributed by atoms with E-state index in [1.54, 1.807) is 12.0 Å². The first-order valence-electron chi connectivity index (χ1n) is 6.04. The second-order valence-electron chi connectivity index (χ2n) is 4.41. The van der Waals surface area contributed by atoms with E-state index in [4.69, 9.17) is 9.84 Å². The number of ether oxygens (including phenoxy) is 1. The van der Waals surface area contributed by atoms with E-state index in [-0.39, 0.29) is 12.5 Å². The molecular formula is C12H18N2O3S. The second-order valence-corrected chi connectivity index (χ2v) is 5.49. The first-order chi connectivity index (χ1) is 8.67. The lowest BCUT2D eigenvalue weighted by molar-refractivity contribution is 0.0711. The maximum absolute atomic E-state index is 12.4. The molecule has 1 aliphatic rings. The van der Waals surface area contributed by atoms with E-state index in [0.717, 1.165) is 23.5 Å². The number of aryl methyl sites for hydroxylation is 1. The average Bonchev–Trinajstić information content (AvgIpc) is 3.10. The average molecular weight is 270 g/mol. The summed E-state index contributed by atoms with van der Waals surface area (Å²) >= 11 is 1.38. The van der Waals surface area contributed by atoms with Crippen LogP contribution in [-0.4, -0.2) is 47.2 Å².